The number of fused-ring (bicyclic) bond motifs is 1. The predicted octanol–water partition coefficient (Wildman–Crippen LogP) is 3.65. The third-order valence-electron chi connectivity index (χ3n) is 6.36. The number of rotatable bonds is 5. The molecule has 1 aromatic rings. The first-order valence-corrected chi connectivity index (χ1v) is 10.4. The molecule has 1 heterocycles. The molecule has 0 bridgehead atoms. The highest BCUT2D eigenvalue weighted by molar-refractivity contribution is 5.85. The summed E-state index contributed by atoms with van der Waals surface area (Å²) in [4.78, 5) is 26.8. The average Bonchev–Trinajstić information content (AvgIpc) is 3.02. The fraction of sp³-hybridized carbons (Fsp3) is 0.652. The van der Waals surface area contributed by atoms with Crippen molar-refractivity contribution in [3.8, 4) is 5.75 Å². The standard InChI is InChI=1S/C23H34N2O3/c1-14(2)19-8-7-15(3)9-20(19)28-23(4,5)22(27)25(6)18-10-16-12-21(26)24-13-17(16)11-18/h7-9,14,16-18H,10-13H2,1-6H3,(H,24,26)/t16-,17+,18-/m1/s1. The Balaban J connectivity index is 1.72. The van der Waals surface area contributed by atoms with E-state index in [-0.39, 0.29) is 17.9 Å². The summed E-state index contributed by atoms with van der Waals surface area (Å²) in [5, 5.41) is 2.96. The van der Waals surface area contributed by atoms with Crippen LogP contribution in [0, 0.1) is 18.8 Å². The molecule has 1 aliphatic carbocycles. The Hall–Kier alpha value is -2.04. The van der Waals surface area contributed by atoms with E-state index < -0.39 is 5.60 Å². The fourth-order valence-corrected chi connectivity index (χ4v) is 4.67. The Morgan fingerprint density at radius 2 is 1.93 bits per heavy atom. The second-order valence-electron chi connectivity index (χ2n) is 9.38. The van der Waals surface area contributed by atoms with E-state index in [2.05, 4.69) is 31.3 Å². The molecule has 2 aliphatic rings. The largest absolute Gasteiger partial charge is 0.478 e. The lowest BCUT2D eigenvalue weighted by atomic mass is 9.89. The Labute approximate surface area is 168 Å². The number of carbonyl (C=O) groups is 2. The number of carbonyl (C=O) groups excluding carboxylic acids is 2. The summed E-state index contributed by atoms with van der Waals surface area (Å²) in [6, 6.07) is 6.36. The van der Waals surface area contributed by atoms with Crippen LogP contribution in [0.5, 0.6) is 5.75 Å². The smallest absolute Gasteiger partial charge is 0.266 e. The van der Waals surface area contributed by atoms with Gasteiger partial charge in [-0.05, 0) is 68.6 Å². The van der Waals surface area contributed by atoms with Gasteiger partial charge >= 0.3 is 0 Å². The summed E-state index contributed by atoms with van der Waals surface area (Å²) in [6.45, 7) is 10.7. The highest BCUT2D eigenvalue weighted by Gasteiger charge is 2.43. The third-order valence-corrected chi connectivity index (χ3v) is 6.36. The molecule has 2 fully saturated rings. The van der Waals surface area contributed by atoms with Gasteiger partial charge in [0.05, 0.1) is 0 Å². The van der Waals surface area contributed by atoms with Gasteiger partial charge in [0.1, 0.15) is 5.75 Å². The van der Waals surface area contributed by atoms with Crippen LogP contribution in [0.3, 0.4) is 0 Å². The zero-order chi connectivity index (χ0) is 20.6. The molecular formula is C23H34N2O3. The lowest BCUT2D eigenvalue weighted by Crippen LogP contribution is -2.50. The lowest BCUT2D eigenvalue weighted by molar-refractivity contribution is -0.146. The van der Waals surface area contributed by atoms with E-state index in [4.69, 9.17) is 4.74 Å². The first-order chi connectivity index (χ1) is 13.1. The van der Waals surface area contributed by atoms with Crippen LogP contribution >= 0.6 is 0 Å². The molecule has 3 rings (SSSR count). The van der Waals surface area contributed by atoms with Gasteiger partial charge in [-0.25, -0.2) is 0 Å². The topological polar surface area (TPSA) is 58.6 Å². The number of hydrogen-bond donors (Lipinski definition) is 1. The summed E-state index contributed by atoms with van der Waals surface area (Å²) in [5.74, 6) is 2.11. The molecule has 0 spiro atoms. The van der Waals surface area contributed by atoms with Crippen molar-refractivity contribution < 1.29 is 14.3 Å². The van der Waals surface area contributed by atoms with Crippen molar-refractivity contribution in [1.82, 2.24) is 10.2 Å². The maximum absolute atomic E-state index is 13.3. The van der Waals surface area contributed by atoms with Gasteiger partial charge < -0.3 is 15.0 Å². The van der Waals surface area contributed by atoms with Crippen molar-refractivity contribution in [1.29, 1.82) is 0 Å². The highest BCUT2D eigenvalue weighted by atomic mass is 16.5. The van der Waals surface area contributed by atoms with Crippen LogP contribution in [0.15, 0.2) is 18.2 Å². The maximum atomic E-state index is 13.3. The average molecular weight is 387 g/mol. The normalized spacial score (nSPS) is 24.7. The highest BCUT2D eigenvalue weighted by Crippen LogP contribution is 2.39. The first-order valence-electron chi connectivity index (χ1n) is 10.4. The molecule has 0 unspecified atom stereocenters. The second kappa shape index (κ2) is 7.76. The van der Waals surface area contributed by atoms with Crippen molar-refractivity contribution in [2.75, 3.05) is 13.6 Å². The number of hydrogen-bond acceptors (Lipinski definition) is 3. The molecule has 0 aromatic heterocycles. The van der Waals surface area contributed by atoms with Gasteiger partial charge in [0, 0.05) is 26.1 Å². The van der Waals surface area contributed by atoms with Gasteiger partial charge in [0.2, 0.25) is 5.91 Å². The van der Waals surface area contributed by atoms with Crippen LogP contribution in [-0.4, -0.2) is 41.9 Å². The molecule has 28 heavy (non-hydrogen) atoms. The summed E-state index contributed by atoms with van der Waals surface area (Å²) in [5.41, 5.74) is 1.28. The van der Waals surface area contributed by atoms with Crippen molar-refractivity contribution in [3.63, 3.8) is 0 Å². The maximum Gasteiger partial charge on any atom is 0.266 e. The monoisotopic (exact) mass is 386 g/mol. The molecular weight excluding hydrogens is 352 g/mol. The van der Waals surface area contributed by atoms with Crippen LogP contribution < -0.4 is 10.1 Å². The van der Waals surface area contributed by atoms with Gasteiger partial charge in [-0.2, -0.15) is 0 Å². The predicted molar refractivity (Wildman–Crippen MR) is 110 cm³/mol. The first kappa shape index (κ1) is 20.7. The molecule has 1 aliphatic heterocycles. The molecule has 5 heteroatoms. The Kier molecular flexibility index (Phi) is 5.74. The van der Waals surface area contributed by atoms with Gasteiger partial charge in [-0.1, -0.05) is 26.0 Å². The SMILES string of the molecule is Cc1ccc(C(C)C)c(OC(C)(C)C(=O)N(C)[C@H]2C[C@H]3CNC(=O)C[C@H]3C2)c1. The number of nitrogens with zero attached hydrogens (tertiary/aromatic N) is 1. The summed E-state index contributed by atoms with van der Waals surface area (Å²) >= 11 is 0. The molecule has 154 valence electrons. The van der Waals surface area contributed by atoms with Gasteiger partial charge in [0.15, 0.2) is 5.60 Å². The minimum Gasteiger partial charge on any atom is -0.478 e. The quantitative estimate of drug-likeness (QED) is 0.840. The van der Waals surface area contributed by atoms with Crippen molar-refractivity contribution >= 4 is 11.8 Å². The van der Waals surface area contributed by atoms with E-state index in [0.717, 1.165) is 36.3 Å². The van der Waals surface area contributed by atoms with Gasteiger partial charge in [-0.15, -0.1) is 0 Å². The minimum atomic E-state index is -0.950. The molecule has 1 N–H and O–H groups in total. The van der Waals surface area contributed by atoms with Crippen molar-refractivity contribution in [2.24, 2.45) is 11.8 Å². The van der Waals surface area contributed by atoms with Crippen molar-refractivity contribution in [3.05, 3.63) is 29.3 Å². The lowest BCUT2D eigenvalue weighted by Gasteiger charge is -2.34. The van der Waals surface area contributed by atoms with Gasteiger partial charge in [0.25, 0.3) is 5.91 Å². The third kappa shape index (κ3) is 4.18. The molecule has 0 radical (unpaired) electrons. The number of nitrogens with one attached hydrogen (secondary N) is 1. The number of amides is 2. The van der Waals surface area contributed by atoms with E-state index in [1.54, 1.807) is 0 Å². The number of piperidine rings is 1. The number of benzene rings is 1. The number of likely N-dealkylation sites (N-methyl/N-ethyl adjacent to an activating group) is 1. The summed E-state index contributed by atoms with van der Waals surface area (Å²) in [6.07, 6.45) is 2.44. The van der Waals surface area contributed by atoms with Crippen molar-refractivity contribution in [2.45, 2.75) is 71.4 Å². The minimum absolute atomic E-state index is 0.00774. The molecule has 1 saturated heterocycles. The van der Waals surface area contributed by atoms with E-state index in [0.29, 0.717) is 24.2 Å². The summed E-state index contributed by atoms with van der Waals surface area (Å²) < 4.78 is 6.30. The van der Waals surface area contributed by atoms with Crippen LogP contribution in [0.25, 0.3) is 0 Å². The van der Waals surface area contributed by atoms with Crippen LogP contribution in [0.4, 0.5) is 0 Å². The van der Waals surface area contributed by atoms with E-state index in [1.165, 1.54) is 0 Å². The van der Waals surface area contributed by atoms with Crippen LogP contribution in [-0.2, 0) is 9.59 Å². The second-order valence-corrected chi connectivity index (χ2v) is 9.38. The Morgan fingerprint density at radius 1 is 1.25 bits per heavy atom. The van der Waals surface area contributed by atoms with Crippen LogP contribution in [0.1, 0.15) is 64.0 Å². The summed E-state index contributed by atoms with van der Waals surface area (Å²) in [7, 11) is 1.88. The van der Waals surface area contributed by atoms with E-state index in [9.17, 15) is 9.59 Å². The molecule has 1 aromatic carbocycles. The Morgan fingerprint density at radius 3 is 2.61 bits per heavy atom. The number of ether oxygens (including phenoxy) is 1. The molecule has 5 nitrogen and oxygen atoms in total. The molecule has 2 amide bonds. The van der Waals surface area contributed by atoms with Crippen LogP contribution in [0.2, 0.25) is 0 Å². The zero-order valence-electron chi connectivity index (χ0n) is 18.0. The molecule has 3 atom stereocenters. The van der Waals surface area contributed by atoms with E-state index in [1.807, 2.05) is 38.8 Å². The van der Waals surface area contributed by atoms with E-state index >= 15 is 0 Å². The number of aryl methyl sites for hydroxylation is 1. The van der Waals surface area contributed by atoms with Gasteiger partial charge in [-0.3, -0.25) is 9.59 Å². The Bertz CT molecular complexity index is 756. The fourth-order valence-electron chi connectivity index (χ4n) is 4.67. The zero-order valence-corrected chi connectivity index (χ0v) is 18.0. The molecule has 1 saturated carbocycles.